The lowest BCUT2D eigenvalue weighted by Crippen LogP contribution is -2.13. The summed E-state index contributed by atoms with van der Waals surface area (Å²) in [4.78, 5) is 11.7. The molecule has 3 aromatic carbocycles. The lowest BCUT2D eigenvalue weighted by atomic mass is 9.93. The van der Waals surface area contributed by atoms with Crippen molar-refractivity contribution < 1.29 is 9.90 Å². The molecular formula is C25H23NO2. The Labute approximate surface area is 166 Å². The van der Waals surface area contributed by atoms with Gasteiger partial charge in [-0.05, 0) is 34.7 Å². The highest BCUT2D eigenvalue weighted by atomic mass is 16.4. The van der Waals surface area contributed by atoms with Gasteiger partial charge in [0, 0.05) is 13.0 Å². The van der Waals surface area contributed by atoms with Crippen molar-refractivity contribution >= 4 is 5.97 Å². The molecule has 2 N–H and O–H groups in total. The molecule has 0 atom stereocenters. The van der Waals surface area contributed by atoms with Crippen LogP contribution < -0.4 is 5.32 Å². The maximum Gasteiger partial charge on any atom is 0.335 e. The van der Waals surface area contributed by atoms with Crippen LogP contribution in [0, 0.1) is 11.8 Å². The smallest absolute Gasteiger partial charge is 0.335 e. The van der Waals surface area contributed by atoms with E-state index in [0.717, 1.165) is 23.2 Å². The van der Waals surface area contributed by atoms with Gasteiger partial charge in [-0.1, -0.05) is 84.6 Å². The first-order valence-electron chi connectivity index (χ1n) is 9.32. The molecule has 0 heterocycles. The topological polar surface area (TPSA) is 49.3 Å². The van der Waals surface area contributed by atoms with Crippen LogP contribution in [0.3, 0.4) is 0 Å². The fourth-order valence-electron chi connectivity index (χ4n) is 3.09. The Kier molecular flexibility index (Phi) is 7.01. The van der Waals surface area contributed by atoms with Crippen molar-refractivity contribution in [2.75, 3.05) is 6.54 Å². The number of carbonyl (C=O) groups is 1. The molecule has 0 spiro atoms. The minimum atomic E-state index is -0.898. The van der Waals surface area contributed by atoms with Crippen LogP contribution in [0.2, 0.25) is 0 Å². The standard InChI is InChI=1S/C25H23NO2/c27-25(28)23-16-9-15-22(24(23)18-20-10-3-1-4-11-20)14-7-8-17-26-19-21-12-5-2-6-13-21/h1-6,9-13,15-16,26H,14,17-19H2,(H,27,28). The van der Waals surface area contributed by atoms with Crippen molar-refractivity contribution in [3.63, 3.8) is 0 Å². The molecule has 0 bridgehead atoms. The number of benzene rings is 3. The molecule has 3 nitrogen and oxygen atoms in total. The van der Waals surface area contributed by atoms with Crippen molar-refractivity contribution in [2.45, 2.75) is 19.4 Å². The van der Waals surface area contributed by atoms with Gasteiger partial charge in [0.15, 0.2) is 0 Å². The van der Waals surface area contributed by atoms with Gasteiger partial charge in [0.1, 0.15) is 0 Å². The average Bonchev–Trinajstić information content (AvgIpc) is 2.73. The summed E-state index contributed by atoms with van der Waals surface area (Å²) in [6.45, 7) is 1.38. The van der Waals surface area contributed by atoms with E-state index in [0.29, 0.717) is 24.9 Å². The van der Waals surface area contributed by atoms with Crippen LogP contribution in [0.1, 0.15) is 32.6 Å². The quantitative estimate of drug-likeness (QED) is 0.482. The molecule has 0 unspecified atom stereocenters. The van der Waals surface area contributed by atoms with Gasteiger partial charge in [0.25, 0.3) is 0 Å². The number of carboxylic acids is 1. The molecule has 0 saturated carbocycles. The van der Waals surface area contributed by atoms with E-state index in [1.54, 1.807) is 12.1 Å². The summed E-state index contributed by atoms with van der Waals surface area (Å²) in [5.41, 5.74) is 4.48. The Balaban J connectivity index is 1.66. The summed E-state index contributed by atoms with van der Waals surface area (Å²) in [6.07, 6.45) is 1.13. The fraction of sp³-hybridized carbons (Fsp3) is 0.160. The Morgan fingerprint density at radius 2 is 1.50 bits per heavy atom. The molecule has 3 heteroatoms. The third kappa shape index (κ3) is 5.57. The van der Waals surface area contributed by atoms with Crippen LogP contribution in [0.25, 0.3) is 0 Å². The number of aromatic carboxylic acids is 1. The van der Waals surface area contributed by atoms with E-state index in [4.69, 9.17) is 0 Å². The van der Waals surface area contributed by atoms with Crippen molar-refractivity contribution in [1.29, 1.82) is 0 Å². The third-order valence-electron chi connectivity index (χ3n) is 4.52. The predicted molar refractivity (Wildman–Crippen MR) is 112 cm³/mol. The first kappa shape index (κ1) is 19.4. The number of hydrogen-bond acceptors (Lipinski definition) is 2. The lowest BCUT2D eigenvalue weighted by Gasteiger charge is -2.11. The number of nitrogens with one attached hydrogen (secondary N) is 1. The van der Waals surface area contributed by atoms with Crippen molar-refractivity contribution in [1.82, 2.24) is 5.32 Å². The fourth-order valence-corrected chi connectivity index (χ4v) is 3.09. The number of rotatable bonds is 7. The van der Waals surface area contributed by atoms with E-state index in [9.17, 15) is 9.90 Å². The Morgan fingerprint density at radius 1 is 0.821 bits per heavy atom. The molecular weight excluding hydrogens is 346 g/mol. The van der Waals surface area contributed by atoms with E-state index in [2.05, 4.69) is 29.3 Å². The monoisotopic (exact) mass is 369 g/mol. The summed E-state index contributed by atoms with van der Waals surface area (Å²) in [7, 11) is 0. The molecule has 0 aliphatic carbocycles. The van der Waals surface area contributed by atoms with E-state index >= 15 is 0 Å². The lowest BCUT2D eigenvalue weighted by molar-refractivity contribution is 0.0695. The first-order valence-corrected chi connectivity index (χ1v) is 9.32. The molecule has 0 saturated heterocycles. The van der Waals surface area contributed by atoms with Gasteiger partial charge in [0.2, 0.25) is 0 Å². The van der Waals surface area contributed by atoms with Crippen LogP contribution in [0.15, 0.2) is 78.9 Å². The zero-order valence-corrected chi connectivity index (χ0v) is 15.7. The van der Waals surface area contributed by atoms with E-state index in [-0.39, 0.29) is 0 Å². The summed E-state index contributed by atoms with van der Waals surface area (Å²) >= 11 is 0. The zero-order valence-electron chi connectivity index (χ0n) is 15.7. The van der Waals surface area contributed by atoms with Gasteiger partial charge < -0.3 is 10.4 Å². The molecule has 28 heavy (non-hydrogen) atoms. The molecule has 0 fully saturated rings. The maximum atomic E-state index is 11.7. The summed E-state index contributed by atoms with van der Waals surface area (Å²) < 4.78 is 0. The van der Waals surface area contributed by atoms with Crippen LogP contribution in [0.4, 0.5) is 0 Å². The van der Waals surface area contributed by atoms with Gasteiger partial charge in [-0.25, -0.2) is 4.79 Å². The second kappa shape index (κ2) is 10.1. The Morgan fingerprint density at radius 3 is 2.18 bits per heavy atom. The molecule has 140 valence electrons. The minimum Gasteiger partial charge on any atom is -0.478 e. The average molecular weight is 369 g/mol. The van der Waals surface area contributed by atoms with Crippen LogP contribution in [-0.4, -0.2) is 17.6 Å². The van der Waals surface area contributed by atoms with Crippen molar-refractivity contribution in [3.05, 3.63) is 107 Å². The third-order valence-corrected chi connectivity index (χ3v) is 4.52. The molecule has 0 aromatic heterocycles. The number of carboxylic acid groups (broad SMARTS) is 1. The van der Waals surface area contributed by atoms with E-state index in [1.807, 2.05) is 54.6 Å². The summed E-state index contributed by atoms with van der Waals surface area (Å²) in [5, 5.41) is 12.9. The van der Waals surface area contributed by atoms with Crippen molar-refractivity contribution in [2.24, 2.45) is 0 Å². The minimum absolute atomic E-state index is 0.352. The van der Waals surface area contributed by atoms with Gasteiger partial charge in [-0.3, -0.25) is 0 Å². The Bertz CT molecular complexity index is 970. The van der Waals surface area contributed by atoms with Gasteiger partial charge in [-0.2, -0.15) is 0 Å². The molecule has 0 amide bonds. The highest BCUT2D eigenvalue weighted by Gasteiger charge is 2.13. The second-order valence-corrected chi connectivity index (χ2v) is 6.53. The Hall–Kier alpha value is -3.35. The summed E-state index contributed by atoms with van der Waals surface area (Å²) in [5.74, 6) is 5.41. The maximum absolute atomic E-state index is 11.7. The molecule has 0 aliphatic heterocycles. The molecule has 0 aliphatic rings. The SMILES string of the molecule is O=C(O)c1cccc(CC#CCNCc2ccccc2)c1Cc1ccccc1. The molecule has 3 rings (SSSR count). The first-order chi connectivity index (χ1) is 13.7. The summed E-state index contributed by atoms with van der Waals surface area (Å²) in [6, 6.07) is 25.6. The van der Waals surface area contributed by atoms with Crippen molar-refractivity contribution in [3.8, 4) is 11.8 Å². The highest BCUT2D eigenvalue weighted by Crippen LogP contribution is 2.20. The zero-order chi connectivity index (χ0) is 19.6. The number of hydrogen-bond donors (Lipinski definition) is 2. The molecule has 0 radical (unpaired) electrons. The molecule has 3 aromatic rings. The van der Waals surface area contributed by atoms with E-state index < -0.39 is 5.97 Å². The normalized spacial score (nSPS) is 10.1. The largest absolute Gasteiger partial charge is 0.478 e. The van der Waals surface area contributed by atoms with Gasteiger partial charge in [-0.15, -0.1) is 0 Å². The second-order valence-electron chi connectivity index (χ2n) is 6.53. The van der Waals surface area contributed by atoms with E-state index in [1.165, 1.54) is 5.56 Å². The van der Waals surface area contributed by atoms with Gasteiger partial charge >= 0.3 is 5.97 Å². The van der Waals surface area contributed by atoms with Crippen LogP contribution >= 0.6 is 0 Å². The van der Waals surface area contributed by atoms with Crippen LogP contribution in [-0.2, 0) is 19.4 Å². The highest BCUT2D eigenvalue weighted by molar-refractivity contribution is 5.90. The van der Waals surface area contributed by atoms with Gasteiger partial charge in [0.05, 0.1) is 12.1 Å². The van der Waals surface area contributed by atoms with Crippen LogP contribution in [0.5, 0.6) is 0 Å². The predicted octanol–water partition coefficient (Wildman–Crippen LogP) is 4.31.